The van der Waals surface area contributed by atoms with Crippen molar-refractivity contribution >= 4 is 23.4 Å². The van der Waals surface area contributed by atoms with E-state index in [9.17, 15) is 4.39 Å². The first-order valence-corrected chi connectivity index (χ1v) is 6.75. The molecule has 0 aliphatic heterocycles. The summed E-state index contributed by atoms with van der Waals surface area (Å²) in [4.78, 5) is 0.851. The highest BCUT2D eigenvalue weighted by Crippen LogP contribution is 2.27. The van der Waals surface area contributed by atoms with Gasteiger partial charge in [-0.05, 0) is 18.2 Å². The average molecular weight is 286 g/mol. The molecule has 0 fully saturated rings. The number of hydrogen-bond donors (Lipinski definition) is 1. The van der Waals surface area contributed by atoms with E-state index in [1.54, 1.807) is 24.0 Å². The zero-order valence-corrected chi connectivity index (χ0v) is 11.4. The van der Waals surface area contributed by atoms with Gasteiger partial charge in [0.05, 0.1) is 23.0 Å². The highest BCUT2D eigenvalue weighted by atomic mass is 35.5. The molecule has 0 saturated heterocycles. The fourth-order valence-corrected chi connectivity index (χ4v) is 2.87. The Labute approximate surface area is 114 Å². The molecule has 0 radical (unpaired) electrons. The molecule has 0 saturated carbocycles. The van der Waals surface area contributed by atoms with Gasteiger partial charge < -0.3 is 5.73 Å². The van der Waals surface area contributed by atoms with E-state index in [1.807, 2.05) is 6.07 Å². The molecule has 1 heterocycles. The summed E-state index contributed by atoms with van der Waals surface area (Å²) in [6.45, 7) is 0. The number of rotatable bonds is 4. The van der Waals surface area contributed by atoms with Gasteiger partial charge in [0.2, 0.25) is 0 Å². The van der Waals surface area contributed by atoms with Crippen molar-refractivity contribution in [1.82, 2.24) is 9.78 Å². The molecule has 0 spiro atoms. The van der Waals surface area contributed by atoms with E-state index in [1.165, 1.54) is 23.9 Å². The smallest absolute Gasteiger partial charge is 0.124 e. The molecular weight excluding hydrogens is 273 g/mol. The quantitative estimate of drug-likeness (QED) is 0.878. The van der Waals surface area contributed by atoms with Crippen molar-refractivity contribution in [3.8, 4) is 0 Å². The third-order valence-electron chi connectivity index (χ3n) is 2.51. The molecule has 0 amide bonds. The number of nitrogens with two attached hydrogens (primary N) is 1. The molecule has 18 heavy (non-hydrogen) atoms. The van der Waals surface area contributed by atoms with Gasteiger partial charge in [0.25, 0.3) is 0 Å². The molecule has 2 aromatic rings. The monoisotopic (exact) mass is 285 g/mol. The van der Waals surface area contributed by atoms with Crippen molar-refractivity contribution in [2.75, 3.05) is 5.75 Å². The Bertz CT molecular complexity index is 524. The van der Waals surface area contributed by atoms with Gasteiger partial charge in [0.1, 0.15) is 5.82 Å². The van der Waals surface area contributed by atoms with Gasteiger partial charge in [-0.3, -0.25) is 4.68 Å². The molecular formula is C12H13ClFN3S. The van der Waals surface area contributed by atoms with Gasteiger partial charge in [-0.1, -0.05) is 17.7 Å². The molecule has 96 valence electrons. The summed E-state index contributed by atoms with van der Waals surface area (Å²) in [5.41, 5.74) is 6.86. The number of thioether (sulfide) groups is 1. The SMILES string of the molecule is Cn1ncc(Cl)c1C(N)CSc1cccc(F)c1. The standard InChI is InChI=1S/C12H13ClFN3S/c1-17-12(10(13)6-16-17)11(15)7-18-9-4-2-3-8(14)5-9/h2-6,11H,7,15H2,1H3. The van der Waals surface area contributed by atoms with Crippen LogP contribution in [0.1, 0.15) is 11.7 Å². The second-order valence-electron chi connectivity index (χ2n) is 3.88. The summed E-state index contributed by atoms with van der Waals surface area (Å²) in [6, 6.07) is 6.20. The zero-order valence-electron chi connectivity index (χ0n) is 9.81. The maximum atomic E-state index is 13.0. The predicted molar refractivity (Wildman–Crippen MR) is 72.3 cm³/mol. The molecule has 1 atom stereocenters. The summed E-state index contributed by atoms with van der Waals surface area (Å²) in [5.74, 6) is 0.370. The average Bonchev–Trinajstić information content (AvgIpc) is 2.66. The first kappa shape index (κ1) is 13.4. The van der Waals surface area contributed by atoms with E-state index in [2.05, 4.69) is 5.10 Å². The first-order chi connectivity index (χ1) is 8.58. The molecule has 0 aliphatic carbocycles. The van der Waals surface area contributed by atoms with Crippen molar-refractivity contribution in [3.63, 3.8) is 0 Å². The Morgan fingerprint density at radius 1 is 1.56 bits per heavy atom. The van der Waals surface area contributed by atoms with Crippen LogP contribution in [0.2, 0.25) is 5.02 Å². The Balaban J connectivity index is 2.03. The van der Waals surface area contributed by atoms with Crippen LogP contribution in [0.5, 0.6) is 0 Å². The van der Waals surface area contributed by atoms with Crippen molar-refractivity contribution in [2.24, 2.45) is 12.8 Å². The summed E-state index contributed by atoms with van der Waals surface area (Å²) >= 11 is 7.51. The number of halogens is 2. The van der Waals surface area contributed by atoms with Gasteiger partial charge in [-0.15, -0.1) is 11.8 Å². The van der Waals surface area contributed by atoms with Crippen LogP contribution < -0.4 is 5.73 Å². The largest absolute Gasteiger partial charge is 0.322 e. The lowest BCUT2D eigenvalue weighted by atomic mass is 10.2. The lowest BCUT2D eigenvalue weighted by Crippen LogP contribution is -2.17. The topological polar surface area (TPSA) is 43.8 Å². The van der Waals surface area contributed by atoms with Crippen molar-refractivity contribution in [2.45, 2.75) is 10.9 Å². The molecule has 2 N–H and O–H groups in total. The second-order valence-corrected chi connectivity index (χ2v) is 5.38. The fourth-order valence-electron chi connectivity index (χ4n) is 1.66. The Morgan fingerprint density at radius 3 is 2.94 bits per heavy atom. The minimum Gasteiger partial charge on any atom is -0.322 e. The van der Waals surface area contributed by atoms with Gasteiger partial charge in [-0.25, -0.2) is 4.39 Å². The normalized spacial score (nSPS) is 12.7. The van der Waals surface area contributed by atoms with E-state index in [0.29, 0.717) is 10.8 Å². The molecule has 2 rings (SSSR count). The van der Waals surface area contributed by atoms with Gasteiger partial charge >= 0.3 is 0 Å². The third kappa shape index (κ3) is 3.04. The molecule has 1 unspecified atom stereocenters. The van der Waals surface area contributed by atoms with Gasteiger partial charge in [0.15, 0.2) is 0 Å². The summed E-state index contributed by atoms with van der Waals surface area (Å²) in [7, 11) is 1.80. The minimum atomic E-state index is -0.243. The highest BCUT2D eigenvalue weighted by Gasteiger charge is 2.15. The van der Waals surface area contributed by atoms with Crippen molar-refractivity contribution < 1.29 is 4.39 Å². The van der Waals surface area contributed by atoms with E-state index < -0.39 is 0 Å². The Kier molecular flexibility index (Phi) is 4.27. The molecule has 6 heteroatoms. The third-order valence-corrected chi connectivity index (χ3v) is 3.92. The molecule has 1 aromatic heterocycles. The van der Waals surface area contributed by atoms with Crippen LogP contribution in [-0.4, -0.2) is 15.5 Å². The van der Waals surface area contributed by atoms with Crippen LogP contribution in [0.15, 0.2) is 35.4 Å². The van der Waals surface area contributed by atoms with Crippen LogP contribution >= 0.6 is 23.4 Å². The van der Waals surface area contributed by atoms with Gasteiger partial charge in [0, 0.05) is 17.7 Å². The number of aromatic nitrogens is 2. The summed E-state index contributed by atoms with van der Waals surface area (Å²) < 4.78 is 14.7. The fraction of sp³-hybridized carbons (Fsp3) is 0.250. The summed E-state index contributed by atoms with van der Waals surface area (Å²) in [6.07, 6.45) is 1.57. The van der Waals surface area contributed by atoms with E-state index in [4.69, 9.17) is 17.3 Å². The van der Waals surface area contributed by atoms with Crippen LogP contribution in [-0.2, 0) is 7.05 Å². The van der Waals surface area contributed by atoms with E-state index in [0.717, 1.165) is 10.6 Å². The molecule has 3 nitrogen and oxygen atoms in total. The predicted octanol–water partition coefficient (Wildman–Crippen LogP) is 3.00. The second kappa shape index (κ2) is 5.73. The highest BCUT2D eigenvalue weighted by molar-refractivity contribution is 7.99. The number of hydrogen-bond acceptors (Lipinski definition) is 3. The Hall–Kier alpha value is -1.04. The number of benzene rings is 1. The van der Waals surface area contributed by atoms with E-state index in [-0.39, 0.29) is 11.9 Å². The molecule has 0 bridgehead atoms. The minimum absolute atomic E-state index is 0.238. The lowest BCUT2D eigenvalue weighted by molar-refractivity contribution is 0.624. The maximum Gasteiger partial charge on any atom is 0.124 e. The van der Waals surface area contributed by atoms with Crippen LogP contribution in [0.4, 0.5) is 4.39 Å². The lowest BCUT2D eigenvalue weighted by Gasteiger charge is -2.12. The number of nitrogens with zero attached hydrogens (tertiary/aromatic N) is 2. The Morgan fingerprint density at radius 2 is 2.33 bits per heavy atom. The van der Waals surface area contributed by atoms with Crippen molar-refractivity contribution in [3.05, 3.63) is 47.0 Å². The van der Waals surface area contributed by atoms with Crippen LogP contribution in [0, 0.1) is 5.82 Å². The summed E-state index contributed by atoms with van der Waals surface area (Å²) in [5, 5.41) is 4.60. The molecule has 1 aromatic carbocycles. The molecule has 0 aliphatic rings. The van der Waals surface area contributed by atoms with Crippen LogP contribution in [0.25, 0.3) is 0 Å². The number of aryl methyl sites for hydroxylation is 1. The van der Waals surface area contributed by atoms with Gasteiger partial charge in [-0.2, -0.15) is 5.10 Å². The van der Waals surface area contributed by atoms with E-state index >= 15 is 0 Å². The maximum absolute atomic E-state index is 13.0. The zero-order chi connectivity index (χ0) is 13.1. The first-order valence-electron chi connectivity index (χ1n) is 5.39. The van der Waals surface area contributed by atoms with Crippen molar-refractivity contribution in [1.29, 1.82) is 0 Å². The van der Waals surface area contributed by atoms with Crippen LogP contribution in [0.3, 0.4) is 0 Å².